The minimum absolute atomic E-state index is 0.694. The highest BCUT2D eigenvalue weighted by molar-refractivity contribution is 5.66. The van der Waals surface area contributed by atoms with E-state index in [-0.39, 0.29) is 0 Å². The summed E-state index contributed by atoms with van der Waals surface area (Å²) in [6, 6.07) is 3.73. The number of oxazole rings is 1. The van der Waals surface area contributed by atoms with Crippen molar-refractivity contribution in [3.8, 4) is 0 Å². The molecule has 2 aromatic rings. The van der Waals surface area contributed by atoms with Crippen LogP contribution in [-0.2, 0) is 6.42 Å². The van der Waals surface area contributed by atoms with Crippen LogP contribution < -0.4 is 5.32 Å². The SMILES string of the molecule is CCNCCc1nc2ncccc2o1. The lowest BCUT2D eigenvalue weighted by Crippen LogP contribution is -2.16. The molecule has 4 heteroatoms. The molecule has 0 aliphatic carbocycles. The van der Waals surface area contributed by atoms with Gasteiger partial charge in [0, 0.05) is 19.2 Å². The van der Waals surface area contributed by atoms with E-state index in [4.69, 9.17) is 4.42 Å². The van der Waals surface area contributed by atoms with Crippen LogP contribution in [0.1, 0.15) is 12.8 Å². The first-order valence-electron chi connectivity index (χ1n) is 4.81. The van der Waals surface area contributed by atoms with E-state index in [0.717, 1.165) is 31.0 Å². The predicted octanol–water partition coefficient (Wildman–Crippen LogP) is 1.37. The summed E-state index contributed by atoms with van der Waals surface area (Å²) in [5.41, 5.74) is 1.46. The highest BCUT2D eigenvalue weighted by Gasteiger charge is 2.04. The van der Waals surface area contributed by atoms with Gasteiger partial charge in [-0.05, 0) is 18.7 Å². The largest absolute Gasteiger partial charge is 0.439 e. The van der Waals surface area contributed by atoms with Crippen molar-refractivity contribution in [1.29, 1.82) is 0 Å². The normalized spacial score (nSPS) is 10.9. The van der Waals surface area contributed by atoms with Crippen LogP contribution in [0.5, 0.6) is 0 Å². The van der Waals surface area contributed by atoms with E-state index in [1.807, 2.05) is 12.1 Å². The minimum Gasteiger partial charge on any atom is -0.439 e. The van der Waals surface area contributed by atoms with E-state index >= 15 is 0 Å². The Kier molecular flexibility index (Phi) is 2.74. The molecule has 0 radical (unpaired) electrons. The Labute approximate surface area is 82.4 Å². The molecule has 1 N–H and O–H groups in total. The Balaban J connectivity index is 2.11. The van der Waals surface area contributed by atoms with Gasteiger partial charge in [0.1, 0.15) is 0 Å². The van der Waals surface area contributed by atoms with Gasteiger partial charge in [-0.25, -0.2) is 4.98 Å². The van der Waals surface area contributed by atoms with Gasteiger partial charge in [0.15, 0.2) is 17.1 Å². The summed E-state index contributed by atoms with van der Waals surface area (Å²) in [6.45, 7) is 3.94. The molecule has 0 fully saturated rings. The van der Waals surface area contributed by atoms with Crippen LogP contribution in [0.2, 0.25) is 0 Å². The van der Waals surface area contributed by atoms with E-state index in [1.54, 1.807) is 6.20 Å². The zero-order valence-electron chi connectivity index (χ0n) is 8.16. The van der Waals surface area contributed by atoms with E-state index in [1.165, 1.54) is 0 Å². The fraction of sp³-hybridized carbons (Fsp3) is 0.400. The van der Waals surface area contributed by atoms with Crippen LogP contribution in [0.4, 0.5) is 0 Å². The molecule has 2 aromatic heterocycles. The summed E-state index contributed by atoms with van der Waals surface area (Å²) in [5, 5.41) is 3.22. The Morgan fingerprint density at radius 3 is 3.21 bits per heavy atom. The Morgan fingerprint density at radius 1 is 1.50 bits per heavy atom. The lowest BCUT2D eigenvalue weighted by Gasteiger charge is -1.95. The number of nitrogens with one attached hydrogen (secondary N) is 1. The molecule has 0 aromatic carbocycles. The molecule has 0 bridgehead atoms. The fourth-order valence-electron chi connectivity index (χ4n) is 1.29. The second-order valence-electron chi connectivity index (χ2n) is 3.04. The third kappa shape index (κ3) is 1.90. The van der Waals surface area contributed by atoms with Crippen LogP contribution >= 0.6 is 0 Å². The third-order valence-corrected chi connectivity index (χ3v) is 1.97. The van der Waals surface area contributed by atoms with Gasteiger partial charge in [-0.3, -0.25) is 0 Å². The van der Waals surface area contributed by atoms with E-state index < -0.39 is 0 Å². The van der Waals surface area contributed by atoms with Crippen molar-refractivity contribution in [2.75, 3.05) is 13.1 Å². The van der Waals surface area contributed by atoms with E-state index in [9.17, 15) is 0 Å². The van der Waals surface area contributed by atoms with Gasteiger partial charge in [0.05, 0.1) is 0 Å². The molecule has 0 amide bonds. The van der Waals surface area contributed by atoms with Gasteiger partial charge in [-0.2, -0.15) is 4.98 Å². The van der Waals surface area contributed by atoms with Crippen LogP contribution in [0.25, 0.3) is 11.2 Å². The highest BCUT2D eigenvalue weighted by atomic mass is 16.3. The van der Waals surface area contributed by atoms with Gasteiger partial charge in [-0.1, -0.05) is 6.92 Å². The van der Waals surface area contributed by atoms with Crippen molar-refractivity contribution in [3.63, 3.8) is 0 Å². The van der Waals surface area contributed by atoms with Crippen molar-refractivity contribution < 1.29 is 4.42 Å². The summed E-state index contributed by atoms with van der Waals surface area (Å²) in [5.74, 6) is 0.750. The van der Waals surface area contributed by atoms with Crippen molar-refractivity contribution >= 4 is 11.2 Å². The average molecular weight is 191 g/mol. The molecule has 0 aliphatic rings. The maximum atomic E-state index is 5.50. The topological polar surface area (TPSA) is 51.0 Å². The van der Waals surface area contributed by atoms with Crippen LogP contribution in [0.3, 0.4) is 0 Å². The summed E-state index contributed by atoms with van der Waals surface area (Å²) in [4.78, 5) is 8.37. The zero-order valence-corrected chi connectivity index (χ0v) is 8.16. The number of fused-ring (bicyclic) bond motifs is 1. The van der Waals surface area contributed by atoms with Crippen molar-refractivity contribution in [3.05, 3.63) is 24.2 Å². The number of hydrogen-bond acceptors (Lipinski definition) is 4. The van der Waals surface area contributed by atoms with Gasteiger partial charge in [-0.15, -0.1) is 0 Å². The molecule has 14 heavy (non-hydrogen) atoms. The van der Waals surface area contributed by atoms with E-state index in [2.05, 4.69) is 22.2 Å². The summed E-state index contributed by atoms with van der Waals surface area (Å²) in [6.07, 6.45) is 2.53. The molecular weight excluding hydrogens is 178 g/mol. The van der Waals surface area contributed by atoms with Gasteiger partial charge >= 0.3 is 0 Å². The third-order valence-electron chi connectivity index (χ3n) is 1.97. The molecule has 0 spiro atoms. The Bertz CT molecular complexity index is 377. The summed E-state index contributed by atoms with van der Waals surface area (Å²) >= 11 is 0. The van der Waals surface area contributed by atoms with Crippen LogP contribution in [0, 0.1) is 0 Å². The van der Waals surface area contributed by atoms with Gasteiger partial charge < -0.3 is 9.73 Å². The molecule has 0 aliphatic heterocycles. The monoisotopic (exact) mass is 191 g/mol. The summed E-state index contributed by atoms with van der Waals surface area (Å²) in [7, 11) is 0. The predicted molar refractivity (Wildman–Crippen MR) is 54.1 cm³/mol. The fourth-order valence-corrected chi connectivity index (χ4v) is 1.29. The lowest BCUT2D eigenvalue weighted by molar-refractivity contribution is 0.517. The number of hydrogen-bond donors (Lipinski definition) is 1. The van der Waals surface area contributed by atoms with Crippen molar-refractivity contribution in [1.82, 2.24) is 15.3 Å². The van der Waals surface area contributed by atoms with E-state index in [0.29, 0.717) is 5.65 Å². The smallest absolute Gasteiger partial charge is 0.198 e. The van der Waals surface area contributed by atoms with Crippen molar-refractivity contribution in [2.45, 2.75) is 13.3 Å². The van der Waals surface area contributed by atoms with Gasteiger partial charge in [0.25, 0.3) is 0 Å². The number of likely N-dealkylation sites (N-methyl/N-ethyl adjacent to an activating group) is 1. The summed E-state index contributed by atoms with van der Waals surface area (Å²) < 4.78 is 5.50. The second kappa shape index (κ2) is 4.19. The van der Waals surface area contributed by atoms with Crippen LogP contribution in [0.15, 0.2) is 22.7 Å². The first kappa shape index (κ1) is 9.15. The highest BCUT2D eigenvalue weighted by Crippen LogP contribution is 2.11. The number of rotatable bonds is 4. The Hall–Kier alpha value is -1.42. The molecule has 2 heterocycles. The molecule has 0 saturated carbocycles. The van der Waals surface area contributed by atoms with Crippen molar-refractivity contribution in [2.24, 2.45) is 0 Å². The Morgan fingerprint density at radius 2 is 2.43 bits per heavy atom. The number of aromatic nitrogens is 2. The molecule has 0 unspecified atom stereocenters. The first-order valence-corrected chi connectivity index (χ1v) is 4.81. The first-order chi connectivity index (χ1) is 6.90. The number of nitrogens with zero attached hydrogens (tertiary/aromatic N) is 2. The second-order valence-corrected chi connectivity index (χ2v) is 3.04. The van der Waals surface area contributed by atoms with Crippen LogP contribution in [-0.4, -0.2) is 23.1 Å². The molecule has 2 rings (SSSR count). The zero-order chi connectivity index (χ0) is 9.80. The molecule has 0 atom stereocenters. The number of pyridine rings is 1. The standard InChI is InChI=1S/C10H13N3O/c1-2-11-7-5-9-13-10-8(14-9)4-3-6-12-10/h3-4,6,11H,2,5,7H2,1H3. The maximum Gasteiger partial charge on any atom is 0.198 e. The molecule has 0 saturated heterocycles. The molecule has 74 valence electrons. The molecular formula is C10H13N3O. The average Bonchev–Trinajstić information content (AvgIpc) is 2.60. The minimum atomic E-state index is 0.694. The quantitative estimate of drug-likeness (QED) is 0.742. The lowest BCUT2D eigenvalue weighted by atomic mass is 10.4. The maximum absolute atomic E-state index is 5.50. The van der Waals surface area contributed by atoms with Gasteiger partial charge in [0.2, 0.25) is 0 Å². The molecule has 4 nitrogen and oxygen atoms in total.